The van der Waals surface area contributed by atoms with Gasteiger partial charge in [-0.3, -0.25) is 0 Å². The van der Waals surface area contributed by atoms with Gasteiger partial charge in [0.15, 0.2) is 0 Å². The molecule has 21 heavy (non-hydrogen) atoms. The highest BCUT2D eigenvalue weighted by Gasteiger charge is 2.31. The molecule has 4 heteroatoms. The average molecular weight is 291 g/mol. The third-order valence-electron chi connectivity index (χ3n) is 4.53. The second-order valence-electron chi connectivity index (χ2n) is 6.65. The molecule has 1 aromatic rings. The van der Waals surface area contributed by atoms with Gasteiger partial charge in [0.1, 0.15) is 5.82 Å². The highest BCUT2D eigenvalue weighted by atomic mass is 16.5. The first-order valence-electron chi connectivity index (χ1n) is 8.17. The summed E-state index contributed by atoms with van der Waals surface area (Å²) in [5, 5.41) is 3.56. The summed E-state index contributed by atoms with van der Waals surface area (Å²) in [5.41, 5.74) is 6.54. The fourth-order valence-electron chi connectivity index (χ4n) is 3.11. The van der Waals surface area contributed by atoms with Gasteiger partial charge < -0.3 is 15.8 Å². The summed E-state index contributed by atoms with van der Waals surface area (Å²) in [5.74, 6) is 3.40. The molecule has 0 spiro atoms. The van der Waals surface area contributed by atoms with Gasteiger partial charge in [-0.2, -0.15) is 4.98 Å². The Kier molecular flexibility index (Phi) is 5.32. The van der Waals surface area contributed by atoms with Gasteiger partial charge in [0.2, 0.25) is 5.88 Å². The Morgan fingerprint density at radius 1 is 1.38 bits per heavy atom. The minimum Gasteiger partial charge on any atom is -0.476 e. The standard InChI is InChI=1S/C17H29N3O/c1-5-13-6-8-15(12(13)4)19-16-9-7-14(18)17(20-16)21-10-11(2)3/h7,9,11-13,15H,5-6,8,10,18H2,1-4H3,(H,19,20). The summed E-state index contributed by atoms with van der Waals surface area (Å²) in [6.07, 6.45) is 3.78. The first-order chi connectivity index (χ1) is 10.0. The molecule has 1 aliphatic carbocycles. The van der Waals surface area contributed by atoms with Gasteiger partial charge in [0.05, 0.1) is 12.3 Å². The Morgan fingerprint density at radius 2 is 2.14 bits per heavy atom. The molecule has 0 bridgehead atoms. The summed E-state index contributed by atoms with van der Waals surface area (Å²) in [6.45, 7) is 9.49. The molecule has 118 valence electrons. The normalized spacial score (nSPS) is 25.3. The predicted octanol–water partition coefficient (Wildman–Crippen LogP) is 3.94. The van der Waals surface area contributed by atoms with E-state index < -0.39 is 0 Å². The van der Waals surface area contributed by atoms with Crippen molar-refractivity contribution in [3.8, 4) is 5.88 Å². The maximum absolute atomic E-state index is 5.94. The van der Waals surface area contributed by atoms with Gasteiger partial charge in [-0.15, -0.1) is 0 Å². The first kappa shape index (κ1) is 15.9. The van der Waals surface area contributed by atoms with E-state index in [0.29, 0.717) is 36.1 Å². The lowest BCUT2D eigenvalue weighted by atomic mass is 9.93. The zero-order chi connectivity index (χ0) is 15.4. The predicted molar refractivity (Wildman–Crippen MR) is 88.6 cm³/mol. The van der Waals surface area contributed by atoms with Crippen LogP contribution in [0.5, 0.6) is 5.88 Å². The number of nitrogens with zero attached hydrogens (tertiary/aromatic N) is 1. The van der Waals surface area contributed by atoms with E-state index in [4.69, 9.17) is 10.5 Å². The van der Waals surface area contributed by atoms with Gasteiger partial charge in [-0.25, -0.2) is 0 Å². The third kappa shape index (κ3) is 4.02. The molecule has 1 aromatic heterocycles. The van der Waals surface area contributed by atoms with Crippen LogP contribution in [0, 0.1) is 17.8 Å². The lowest BCUT2D eigenvalue weighted by Gasteiger charge is -2.22. The number of hydrogen-bond acceptors (Lipinski definition) is 4. The summed E-state index contributed by atoms with van der Waals surface area (Å²) in [4.78, 5) is 4.53. The highest BCUT2D eigenvalue weighted by molar-refractivity contribution is 5.54. The van der Waals surface area contributed by atoms with Crippen LogP contribution in [0.15, 0.2) is 12.1 Å². The number of anilines is 2. The fraction of sp³-hybridized carbons (Fsp3) is 0.706. The van der Waals surface area contributed by atoms with Crippen LogP contribution >= 0.6 is 0 Å². The SMILES string of the molecule is CCC1CCC(Nc2ccc(N)c(OCC(C)C)n2)C1C. The molecule has 0 saturated heterocycles. The molecule has 4 nitrogen and oxygen atoms in total. The van der Waals surface area contributed by atoms with Crippen LogP contribution < -0.4 is 15.8 Å². The molecule has 0 amide bonds. The van der Waals surface area contributed by atoms with E-state index in [0.717, 1.165) is 11.7 Å². The Hall–Kier alpha value is -1.45. The molecule has 3 N–H and O–H groups in total. The zero-order valence-electron chi connectivity index (χ0n) is 13.7. The third-order valence-corrected chi connectivity index (χ3v) is 4.53. The van der Waals surface area contributed by atoms with Gasteiger partial charge in [-0.05, 0) is 42.7 Å². The molecule has 0 aliphatic heterocycles. The van der Waals surface area contributed by atoms with Gasteiger partial charge in [-0.1, -0.05) is 34.1 Å². The van der Waals surface area contributed by atoms with Crippen molar-refractivity contribution in [3.05, 3.63) is 12.1 Å². The largest absolute Gasteiger partial charge is 0.476 e. The summed E-state index contributed by atoms with van der Waals surface area (Å²) in [6, 6.07) is 4.33. The zero-order valence-corrected chi connectivity index (χ0v) is 13.7. The molecule has 2 rings (SSSR count). The number of ether oxygens (including phenoxy) is 1. The van der Waals surface area contributed by atoms with Crippen LogP contribution in [-0.4, -0.2) is 17.6 Å². The highest BCUT2D eigenvalue weighted by Crippen LogP contribution is 2.35. The van der Waals surface area contributed by atoms with E-state index in [1.54, 1.807) is 0 Å². The van der Waals surface area contributed by atoms with E-state index in [9.17, 15) is 0 Å². The van der Waals surface area contributed by atoms with E-state index >= 15 is 0 Å². The van der Waals surface area contributed by atoms with Crippen molar-refractivity contribution in [3.63, 3.8) is 0 Å². The molecule has 1 fully saturated rings. The van der Waals surface area contributed by atoms with Crippen molar-refractivity contribution in [2.75, 3.05) is 17.7 Å². The van der Waals surface area contributed by atoms with Crippen LogP contribution in [0.25, 0.3) is 0 Å². The second-order valence-corrected chi connectivity index (χ2v) is 6.65. The Bertz CT molecular complexity index is 461. The minimum absolute atomic E-state index is 0.461. The number of rotatable bonds is 6. The lowest BCUT2D eigenvalue weighted by Crippen LogP contribution is -2.25. The van der Waals surface area contributed by atoms with Crippen molar-refractivity contribution >= 4 is 11.5 Å². The van der Waals surface area contributed by atoms with E-state index in [2.05, 4.69) is 38.0 Å². The van der Waals surface area contributed by atoms with E-state index in [1.807, 2.05) is 12.1 Å². The monoisotopic (exact) mass is 291 g/mol. The fourth-order valence-corrected chi connectivity index (χ4v) is 3.11. The number of hydrogen-bond donors (Lipinski definition) is 2. The number of nitrogens with one attached hydrogen (secondary N) is 1. The number of pyridine rings is 1. The lowest BCUT2D eigenvalue weighted by molar-refractivity contribution is 0.263. The second kappa shape index (κ2) is 7.01. The minimum atomic E-state index is 0.461. The first-order valence-corrected chi connectivity index (χ1v) is 8.17. The van der Waals surface area contributed by atoms with Crippen LogP contribution in [0.3, 0.4) is 0 Å². The molecule has 1 aliphatic rings. The van der Waals surface area contributed by atoms with Crippen LogP contribution in [0.1, 0.15) is 47.0 Å². The van der Waals surface area contributed by atoms with Gasteiger partial charge >= 0.3 is 0 Å². The molecule has 1 heterocycles. The van der Waals surface area contributed by atoms with Crippen LogP contribution in [0.4, 0.5) is 11.5 Å². The molecular weight excluding hydrogens is 262 g/mol. The Morgan fingerprint density at radius 3 is 2.76 bits per heavy atom. The van der Waals surface area contributed by atoms with E-state index in [1.165, 1.54) is 19.3 Å². The van der Waals surface area contributed by atoms with Gasteiger partial charge in [0.25, 0.3) is 0 Å². The number of nitrogens with two attached hydrogens (primary N) is 1. The van der Waals surface area contributed by atoms with Crippen molar-refractivity contribution in [1.29, 1.82) is 0 Å². The van der Waals surface area contributed by atoms with Crippen molar-refractivity contribution in [2.24, 2.45) is 17.8 Å². The molecular formula is C17H29N3O. The summed E-state index contributed by atoms with van der Waals surface area (Å²) >= 11 is 0. The molecule has 0 radical (unpaired) electrons. The molecule has 0 aromatic carbocycles. The quantitative estimate of drug-likeness (QED) is 0.833. The van der Waals surface area contributed by atoms with Crippen molar-refractivity contribution in [2.45, 2.75) is 53.0 Å². The van der Waals surface area contributed by atoms with Crippen molar-refractivity contribution < 1.29 is 4.74 Å². The maximum Gasteiger partial charge on any atom is 0.239 e. The molecule has 3 unspecified atom stereocenters. The Balaban J connectivity index is 2.02. The number of aromatic nitrogens is 1. The van der Waals surface area contributed by atoms with Crippen molar-refractivity contribution in [1.82, 2.24) is 4.98 Å². The average Bonchev–Trinajstić information content (AvgIpc) is 2.80. The summed E-state index contributed by atoms with van der Waals surface area (Å²) < 4.78 is 5.70. The Labute approximate surface area is 128 Å². The van der Waals surface area contributed by atoms with Gasteiger partial charge in [0, 0.05) is 6.04 Å². The smallest absolute Gasteiger partial charge is 0.239 e. The topological polar surface area (TPSA) is 60.2 Å². The van der Waals surface area contributed by atoms with Crippen LogP contribution in [-0.2, 0) is 0 Å². The maximum atomic E-state index is 5.94. The molecule has 1 saturated carbocycles. The summed E-state index contributed by atoms with van der Waals surface area (Å²) in [7, 11) is 0. The molecule has 3 atom stereocenters. The number of nitrogen functional groups attached to an aromatic ring is 1. The van der Waals surface area contributed by atoms with Crippen LogP contribution in [0.2, 0.25) is 0 Å². The van der Waals surface area contributed by atoms with E-state index in [-0.39, 0.29) is 0 Å².